The van der Waals surface area contributed by atoms with Crippen LogP contribution < -0.4 is 16.0 Å². The van der Waals surface area contributed by atoms with Crippen molar-refractivity contribution in [2.75, 3.05) is 26.2 Å². The summed E-state index contributed by atoms with van der Waals surface area (Å²) in [6.45, 7) is 23.0. The molecule has 0 unspecified atom stereocenters. The Labute approximate surface area is 291 Å². The SMILES string of the molecule is CC(C)(C)OC[C@H](NC(=O)OC(C)(C)C)c1nnc([C@H](CCCCNC(=O)OC(C)(C)C)NC(=O)C2CCN(C(=O)OC(C)(C)C)CC2)o1. The molecular weight excluding hydrogens is 636 g/mol. The number of amides is 4. The van der Waals surface area contributed by atoms with Gasteiger partial charge in [-0.25, -0.2) is 14.4 Å². The fourth-order valence-corrected chi connectivity index (χ4v) is 4.66. The van der Waals surface area contributed by atoms with E-state index in [1.807, 2.05) is 41.5 Å². The van der Waals surface area contributed by atoms with Gasteiger partial charge >= 0.3 is 18.3 Å². The van der Waals surface area contributed by atoms with Gasteiger partial charge in [0, 0.05) is 25.6 Å². The van der Waals surface area contributed by atoms with Gasteiger partial charge in [0.05, 0.1) is 12.2 Å². The van der Waals surface area contributed by atoms with Crippen LogP contribution in [0, 0.1) is 5.92 Å². The summed E-state index contributed by atoms with van der Waals surface area (Å²) >= 11 is 0. The van der Waals surface area contributed by atoms with Crippen LogP contribution in [0.3, 0.4) is 0 Å². The van der Waals surface area contributed by atoms with Gasteiger partial charge in [-0.2, -0.15) is 0 Å². The summed E-state index contributed by atoms with van der Waals surface area (Å²) in [7, 11) is 0. The molecule has 280 valence electrons. The molecule has 1 aliphatic rings. The molecule has 0 aliphatic carbocycles. The fourth-order valence-electron chi connectivity index (χ4n) is 4.66. The molecule has 2 heterocycles. The van der Waals surface area contributed by atoms with Gasteiger partial charge in [0.15, 0.2) is 0 Å². The van der Waals surface area contributed by atoms with Crippen LogP contribution in [0.4, 0.5) is 14.4 Å². The first-order valence-electron chi connectivity index (χ1n) is 17.1. The van der Waals surface area contributed by atoms with E-state index in [2.05, 4.69) is 26.1 Å². The van der Waals surface area contributed by atoms with Crippen LogP contribution >= 0.6 is 0 Å². The number of rotatable bonds is 12. The van der Waals surface area contributed by atoms with Crippen molar-refractivity contribution in [3.8, 4) is 0 Å². The molecule has 49 heavy (non-hydrogen) atoms. The summed E-state index contributed by atoms with van der Waals surface area (Å²) in [4.78, 5) is 52.4. The second-order valence-corrected chi connectivity index (χ2v) is 16.3. The zero-order chi connectivity index (χ0) is 37.2. The third-order valence-corrected chi connectivity index (χ3v) is 6.85. The second-order valence-electron chi connectivity index (χ2n) is 16.3. The first-order valence-corrected chi connectivity index (χ1v) is 17.1. The van der Waals surface area contributed by atoms with Gasteiger partial charge in [-0.3, -0.25) is 4.79 Å². The molecule has 0 aromatic carbocycles. The van der Waals surface area contributed by atoms with Crippen molar-refractivity contribution in [2.24, 2.45) is 5.92 Å². The number of unbranched alkanes of at least 4 members (excludes halogenated alkanes) is 1. The van der Waals surface area contributed by atoms with Crippen molar-refractivity contribution in [1.82, 2.24) is 31.0 Å². The quantitative estimate of drug-likeness (QED) is 0.173. The van der Waals surface area contributed by atoms with Crippen molar-refractivity contribution in [3.63, 3.8) is 0 Å². The van der Waals surface area contributed by atoms with Crippen molar-refractivity contribution >= 4 is 24.2 Å². The third kappa shape index (κ3) is 17.0. The number of aromatic nitrogens is 2. The number of nitrogens with zero attached hydrogens (tertiary/aromatic N) is 3. The normalized spacial score (nSPS) is 16.0. The van der Waals surface area contributed by atoms with Crippen molar-refractivity contribution < 1.29 is 42.5 Å². The summed E-state index contributed by atoms with van der Waals surface area (Å²) in [5.41, 5.74) is -2.45. The van der Waals surface area contributed by atoms with Gasteiger partial charge in [-0.1, -0.05) is 0 Å². The minimum absolute atomic E-state index is 0.0357. The summed E-state index contributed by atoms with van der Waals surface area (Å²) in [6, 6.07) is -1.47. The first-order chi connectivity index (χ1) is 22.4. The van der Waals surface area contributed by atoms with Gasteiger partial charge in [0.25, 0.3) is 0 Å². The van der Waals surface area contributed by atoms with E-state index < -0.39 is 52.8 Å². The zero-order valence-electron chi connectivity index (χ0n) is 31.6. The van der Waals surface area contributed by atoms with Gasteiger partial charge in [0.1, 0.15) is 28.9 Å². The molecule has 0 radical (unpaired) electrons. The van der Waals surface area contributed by atoms with Gasteiger partial charge in [-0.15, -0.1) is 10.2 Å². The number of carbonyl (C=O) groups is 4. The molecular formula is C34H60N6O9. The van der Waals surface area contributed by atoms with Crippen LogP contribution in [-0.2, 0) is 23.7 Å². The second kappa shape index (κ2) is 17.3. The standard InChI is InChI=1S/C34H60N6O9/c1-31(2,3)45-21-24(37-29(43)48-33(7,8)9)27-39-38-26(46-27)23(15-13-14-18-35-28(42)47-32(4,5)6)36-25(41)22-16-19-40(20-17-22)30(44)49-34(10,11)12/h22-24H,13-21H2,1-12H3,(H,35,42)(H,36,41)(H,37,43)/t23-,24-/m0/s1. The Morgan fingerprint density at radius 1 is 0.735 bits per heavy atom. The van der Waals surface area contributed by atoms with Gasteiger partial charge in [-0.05, 0) is 115 Å². The maximum absolute atomic E-state index is 13.5. The van der Waals surface area contributed by atoms with Crippen LogP contribution in [0.25, 0.3) is 0 Å². The monoisotopic (exact) mass is 696 g/mol. The average molecular weight is 697 g/mol. The van der Waals surface area contributed by atoms with Crippen LogP contribution in [0.2, 0.25) is 0 Å². The molecule has 1 aromatic heterocycles. The molecule has 15 heteroatoms. The van der Waals surface area contributed by atoms with E-state index in [1.54, 1.807) is 46.4 Å². The predicted octanol–water partition coefficient (Wildman–Crippen LogP) is 5.95. The number of likely N-dealkylation sites (tertiary alicyclic amines) is 1. The fraction of sp³-hybridized carbons (Fsp3) is 0.824. The molecule has 2 atom stereocenters. The van der Waals surface area contributed by atoms with Gasteiger partial charge in [0.2, 0.25) is 17.7 Å². The molecule has 0 bridgehead atoms. The molecule has 0 spiro atoms. The van der Waals surface area contributed by atoms with E-state index in [-0.39, 0.29) is 30.2 Å². The number of carbonyl (C=O) groups excluding carboxylic acids is 4. The maximum Gasteiger partial charge on any atom is 0.410 e. The highest BCUT2D eigenvalue weighted by Crippen LogP contribution is 2.26. The lowest BCUT2D eigenvalue weighted by Gasteiger charge is -2.33. The maximum atomic E-state index is 13.5. The lowest BCUT2D eigenvalue weighted by atomic mass is 9.95. The van der Waals surface area contributed by atoms with E-state index in [1.165, 1.54) is 0 Å². The van der Waals surface area contributed by atoms with Crippen molar-refractivity contribution in [1.29, 1.82) is 0 Å². The van der Waals surface area contributed by atoms with Gasteiger partial charge < -0.3 is 44.2 Å². The number of nitrogens with one attached hydrogen (secondary N) is 3. The van der Waals surface area contributed by atoms with E-state index in [0.29, 0.717) is 51.7 Å². The number of ether oxygens (including phenoxy) is 4. The molecule has 1 fully saturated rings. The van der Waals surface area contributed by atoms with E-state index >= 15 is 0 Å². The van der Waals surface area contributed by atoms with E-state index in [9.17, 15) is 19.2 Å². The highest BCUT2D eigenvalue weighted by atomic mass is 16.6. The highest BCUT2D eigenvalue weighted by molar-refractivity contribution is 5.79. The minimum atomic E-state index is -0.818. The Hall–Kier alpha value is -3.62. The van der Waals surface area contributed by atoms with Crippen LogP contribution in [0.15, 0.2) is 4.42 Å². The molecule has 0 saturated carbocycles. The topological polar surface area (TPSA) is 183 Å². The number of hydrogen-bond acceptors (Lipinski definition) is 11. The third-order valence-electron chi connectivity index (χ3n) is 6.85. The van der Waals surface area contributed by atoms with Crippen molar-refractivity contribution in [2.45, 2.75) is 150 Å². The highest BCUT2D eigenvalue weighted by Gasteiger charge is 2.33. The number of hydrogen-bond donors (Lipinski definition) is 3. The molecule has 1 aliphatic heterocycles. The smallest absolute Gasteiger partial charge is 0.410 e. The van der Waals surface area contributed by atoms with Crippen LogP contribution in [0.1, 0.15) is 139 Å². The molecule has 1 saturated heterocycles. The first kappa shape index (κ1) is 41.6. The number of alkyl carbamates (subject to hydrolysis) is 2. The lowest BCUT2D eigenvalue weighted by Crippen LogP contribution is -2.45. The largest absolute Gasteiger partial charge is 0.444 e. The summed E-state index contributed by atoms with van der Waals surface area (Å²) in [6.07, 6.45) is 1.01. The lowest BCUT2D eigenvalue weighted by molar-refractivity contribution is -0.127. The Balaban J connectivity index is 2.18. The molecule has 3 N–H and O–H groups in total. The van der Waals surface area contributed by atoms with Crippen LogP contribution in [0.5, 0.6) is 0 Å². The van der Waals surface area contributed by atoms with E-state index in [0.717, 1.165) is 0 Å². The Morgan fingerprint density at radius 2 is 1.27 bits per heavy atom. The minimum Gasteiger partial charge on any atom is -0.444 e. The van der Waals surface area contributed by atoms with E-state index in [4.69, 9.17) is 23.4 Å². The molecule has 1 aromatic rings. The average Bonchev–Trinajstić information content (AvgIpc) is 3.41. The Bertz CT molecular complexity index is 1230. The summed E-state index contributed by atoms with van der Waals surface area (Å²) < 4.78 is 28.2. The molecule has 4 amide bonds. The zero-order valence-corrected chi connectivity index (χ0v) is 31.6. The Kier molecular flexibility index (Phi) is 14.7. The Morgan fingerprint density at radius 3 is 1.80 bits per heavy atom. The predicted molar refractivity (Wildman–Crippen MR) is 182 cm³/mol. The van der Waals surface area contributed by atoms with Crippen molar-refractivity contribution in [3.05, 3.63) is 11.8 Å². The summed E-state index contributed by atoms with van der Waals surface area (Å²) in [5, 5.41) is 17.0. The molecule has 2 rings (SSSR count). The molecule has 15 nitrogen and oxygen atoms in total. The summed E-state index contributed by atoms with van der Waals surface area (Å²) in [5.74, 6) is -0.262. The number of piperidine rings is 1. The van der Waals surface area contributed by atoms with Crippen LogP contribution in [-0.4, -0.2) is 87.9 Å².